The van der Waals surface area contributed by atoms with Crippen molar-refractivity contribution in [2.24, 2.45) is 0 Å². The monoisotopic (exact) mass is 409 g/mol. The highest BCUT2D eigenvalue weighted by atomic mass is 32.1. The Morgan fingerprint density at radius 1 is 1.14 bits per heavy atom. The van der Waals surface area contributed by atoms with E-state index >= 15 is 0 Å². The number of hydrogen-bond donors (Lipinski definition) is 1. The molecule has 7 heteroatoms. The predicted molar refractivity (Wildman–Crippen MR) is 113 cm³/mol. The van der Waals surface area contributed by atoms with E-state index in [1.165, 1.54) is 0 Å². The van der Waals surface area contributed by atoms with Crippen LogP contribution in [0, 0.1) is 0 Å². The lowest BCUT2D eigenvalue weighted by molar-refractivity contribution is 0.0529. The fourth-order valence-corrected chi connectivity index (χ4v) is 4.48. The summed E-state index contributed by atoms with van der Waals surface area (Å²) in [6, 6.07) is 14.9. The number of fused-ring (bicyclic) bond motifs is 3. The molecular weight excluding hydrogens is 390 g/mol. The summed E-state index contributed by atoms with van der Waals surface area (Å²) in [5, 5.41) is 11.6. The molecule has 2 aromatic heterocycles. The topological polar surface area (TPSA) is 77.8 Å². The number of ether oxygens (including phenoxy) is 2. The SMILES string of the molecule is CCOC(=O)c1sc2c(c1O)c(=O)n(Cc1ccc(OC)cc1)c1ccccc21. The average molecular weight is 409 g/mol. The zero-order chi connectivity index (χ0) is 20.5. The van der Waals surface area contributed by atoms with E-state index in [4.69, 9.17) is 9.47 Å². The van der Waals surface area contributed by atoms with Crippen molar-refractivity contribution in [3.63, 3.8) is 0 Å². The molecule has 2 aromatic carbocycles. The Bertz CT molecular complexity index is 1270. The van der Waals surface area contributed by atoms with E-state index in [0.717, 1.165) is 33.6 Å². The summed E-state index contributed by atoms with van der Waals surface area (Å²) < 4.78 is 12.4. The minimum absolute atomic E-state index is 0.0475. The molecule has 6 nitrogen and oxygen atoms in total. The molecule has 0 unspecified atom stereocenters. The van der Waals surface area contributed by atoms with E-state index in [2.05, 4.69) is 0 Å². The Morgan fingerprint density at radius 3 is 2.55 bits per heavy atom. The first-order valence-corrected chi connectivity index (χ1v) is 9.93. The largest absolute Gasteiger partial charge is 0.505 e. The number of esters is 1. The summed E-state index contributed by atoms with van der Waals surface area (Å²) in [6.45, 7) is 2.21. The standard InChI is InChI=1S/C22H19NO5S/c1-3-28-22(26)20-18(24)17-19(29-20)15-6-4-5-7-16(15)23(21(17)25)12-13-8-10-14(27-2)11-9-13/h4-11,24H,3,12H2,1-2H3. The number of carbonyl (C=O) groups excluding carboxylic acids is 1. The molecule has 0 fully saturated rings. The number of methoxy groups -OCH3 is 1. The molecule has 1 N–H and O–H groups in total. The van der Waals surface area contributed by atoms with E-state index in [0.29, 0.717) is 11.2 Å². The van der Waals surface area contributed by atoms with Crippen molar-refractivity contribution in [1.29, 1.82) is 0 Å². The van der Waals surface area contributed by atoms with Gasteiger partial charge in [-0.1, -0.05) is 30.3 Å². The van der Waals surface area contributed by atoms with Gasteiger partial charge in [-0.3, -0.25) is 4.79 Å². The Kier molecular flexibility index (Phi) is 4.98. The highest BCUT2D eigenvalue weighted by Crippen LogP contribution is 2.39. The fraction of sp³-hybridized carbons (Fsp3) is 0.182. The Labute approximate surface area is 170 Å². The summed E-state index contributed by atoms with van der Waals surface area (Å²) in [6.07, 6.45) is 0. The second-order valence-corrected chi connectivity index (χ2v) is 7.48. The summed E-state index contributed by atoms with van der Waals surface area (Å²) in [4.78, 5) is 25.6. The molecule has 4 rings (SSSR count). The molecule has 4 aromatic rings. The highest BCUT2D eigenvalue weighted by molar-refractivity contribution is 7.22. The molecule has 0 atom stereocenters. The Balaban J connectivity index is 1.96. The van der Waals surface area contributed by atoms with Crippen LogP contribution >= 0.6 is 11.3 Å². The number of thiophene rings is 1. The average Bonchev–Trinajstić information content (AvgIpc) is 3.09. The Morgan fingerprint density at radius 2 is 1.86 bits per heavy atom. The van der Waals surface area contributed by atoms with Gasteiger partial charge in [-0.25, -0.2) is 4.79 Å². The van der Waals surface area contributed by atoms with Gasteiger partial charge < -0.3 is 19.1 Å². The maximum Gasteiger partial charge on any atom is 0.352 e. The normalized spacial score (nSPS) is 11.1. The maximum atomic E-state index is 13.3. The number of hydrogen-bond acceptors (Lipinski definition) is 6. The minimum atomic E-state index is -0.628. The van der Waals surface area contributed by atoms with Gasteiger partial charge in [0.1, 0.15) is 11.1 Å². The van der Waals surface area contributed by atoms with Crippen LogP contribution in [0.25, 0.3) is 21.0 Å². The van der Waals surface area contributed by atoms with Crippen LogP contribution in [0.3, 0.4) is 0 Å². The molecule has 148 valence electrons. The zero-order valence-corrected chi connectivity index (χ0v) is 16.8. The third-order valence-electron chi connectivity index (χ3n) is 4.74. The van der Waals surface area contributed by atoms with Gasteiger partial charge in [-0.05, 0) is 30.7 Å². The minimum Gasteiger partial charge on any atom is -0.505 e. The first-order chi connectivity index (χ1) is 14.0. The number of nitrogens with zero attached hydrogens (tertiary/aromatic N) is 1. The first-order valence-electron chi connectivity index (χ1n) is 9.12. The van der Waals surface area contributed by atoms with Crippen molar-refractivity contribution in [2.45, 2.75) is 13.5 Å². The predicted octanol–water partition coefficient (Wildman–Crippen LogP) is 4.16. The van der Waals surface area contributed by atoms with Crippen LogP contribution < -0.4 is 10.3 Å². The van der Waals surface area contributed by atoms with Gasteiger partial charge in [0.2, 0.25) is 0 Å². The molecule has 0 spiro atoms. The van der Waals surface area contributed by atoms with Crippen LogP contribution in [-0.2, 0) is 11.3 Å². The van der Waals surface area contributed by atoms with Crippen molar-refractivity contribution >= 4 is 38.3 Å². The van der Waals surface area contributed by atoms with E-state index in [1.807, 2.05) is 48.5 Å². The van der Waals surface area contributed by atoms with Crippen LogP contribution in [0.2, 0.25) is 0 Å². The fourth-order valence-electron chi connectivity index (χ4n) is 3.36. The molecule has 0 amide bonds. The molecule has 29 heavy (non-hydrogen) atoms. The molecule has 2 heterocycles. The van der Waals surface area contributed by atoms with Gasteiger partial charge in [0.25, 0.3) is 5.56 Å². The van der Waals surface area contributed by atoms with Crippen molar-refractivity contribution in [1.82, 2.24) is 4.57 Å². The lowest BCUT2D eigenvalue weighted by Crippen LogP contribution is -2.21. The summed E-state index contributed by atoms with van der Waals surface area (Å²) >= 11 is 1.08. The second kappa shape index (κ2) is 7.60. The van der Waals surface area contributed by atoms with E-state index in [1.54, 1.807) is 18.6 Å². The van der Waals surface area contributed by atoms with Gasteiger partial charge in [0.05, 0.1) is 30.5 Å². The molecule has 0 saturated heterocycles. The lowest BCUT2D eigenvalue weighted by atomic mass is 10.1. The number of benzene rings is 2. The summed E-state index contributed by atoms with van der Waals surface area (Å²) in [5.74, 6) is -0.213. The molecule has 0 aliphatic rings. The molecule has 0 aliphatic carbocycles. The van der Waals surface area contributed by atoms with Crippen molar-refractivity contribution in [3.8, 4) is 11.5 Å². The first kappa shape index (κ1) is 19.0. The van der Waals surface area contributed by atoms with Crippen molar-refractivity contribution in [3.05, 3.63) is 69.3 Å². The molecule has 0 bridgehead atoms. The number of para-hydroxylation sites is 1. The van der Waals surface area contributed by atoms with Gasteiger partial charge in [-0.15, -0.1) is 11.3 Å². The van der Waals surface area contributed by atoms with Gasteiger partial charge in [0, 0.05) is 5.39 Å². The third-order valence-corrected chi connectivity index (χ3v) is 5.93. The Hall–Kier alpha value is -3.32. The van der Waals surface area contributed by atoms with Crippen LogP contribution in [0.1, 0.15) is 22.2 Å². The second-order valence-electron chi connectivity index (χ2n) is 6.46. The van der Waals surface area contributed by atoms with Crippen LogP contribution in [-0.4, -0.2) is 29.4 Å². The van der Waals surface area contributed by atoms with Crippen LogP contribution in [0.15, 0.2) is 53.3 Å². The summed E-state index contributed by atoms with van der Waals surface area (Å²) in [5.41, 5.74) is 1.30. The van der Waals surface area contributed by atoms with Crippen molar-refractivity contribution < 1.29 is 19.4 Å². The molecular formula is C22H19NO5S. The maximum absolute atomic E-state index is 13.3. The highest BCUT2D eigenvalue weighted by Gasteiger charge is 2.24. The number of carbonyl (C=O) groups is 1. The number of aromatic hydroxyl groups is 1. The van der Waals surface area contributed by atoms with E-state index < -0.39 is 5.97 Å². The zero-order valence-electron chi connectivity index (χ0n) is 16.0. The van der Waals surface area contributed by atoms with Gasteiger partial charge in [0.15, 0.2) is 10.6 Å². The summed E-state index contributed by atoms with van der Waals surface area (Å²) in [7, 11) is 1.60. The smallest absolute Gasteiger partial charge is 0.352 e. The number of pyridine rings is 1. The number of rotatable bonds is 5. The van der Waals surface area contributed by atoms with Crippen molar-refractivity contribution in [2.75, 3.05) is 13.7 Å². The molecule has 0 aliphatic heterocycles. The van der Waals surface area contributed by atoms with Crippen LogP contribution in [0.4, 0.5) is 0 Å². The van der Waals surface area contributed by atoms with Gasteiger partial charge >= 0.3 is 5.97 Å². The quantitative estimate of drug-likeness (QED) is 0.501. The van der Waals surface area contributed by atoms with E-state index in [9.17, 15) is 14.7 Å². The third kappa shape index (κ3) is 3.23. The molecule has 0 saturated carbocycles. The van der Waals surface area contributed by atoms with E-state index in [-0.39, 0.29) is 28.2 Å². The number of aromatic nitrogens is 1. The molecule has 0 radical (unpaired) electrons. The lowest BCUT2D eigenvalue weighted by Gasteiger charge is -2.12. The van der Waals surface area contributed by atoms with Gasteiger partial charge in [-0.2, -0.15) is 0 Å². The van der Waals surface area contributed by atoms with Crippen LogP contribution in [0.5, 0.6) is 11.5 Å².